The van der Waals surface area contributed by atoms with Gasteiger partial charge in [-0.15, -0.1) is 0 Å². The van der Waals surface area contributed by atoms with E-state index >= 15 is 0 Å². The van der Waals surface area contributed by atoms with Crippen LogP contribution in [-0.4, -0.2) is 38.7 Å². The summed E-state index contributed by atoms with van der Waals surface area (Å²) in [6.45, 7) is 2.59. The number of para-hydroxylation sites is 2. The maximum Gasteiger partial charge on any atom is 0.224 e. The number of pyridine rings is 1. The number of aromatic nitrogens is 3. The molecule has 7 heteroatoms. The van der Waals surface area contributed by atoms with E-state index in [1.807, 2.05) is 58.2 Å². The predicted molar refractivity (Wildman–Crippen MR) is 122 cm³/mol. The van der Waals surface area contributed by atoms with E-state index in [1.165, 1.54) is 0 Å². The summed E-state index contributed by atoms with van der Waals surface area (Å²) in [7, 11) is 0. The molecule has 0 radical (unpaired) electrons. The van der Waals surface area contributed by atoms with E-state index in [2.05, 4.69) is 10.1 Å². The number of hydrogen-bond donors (Lipinski definition) is 0. The lowest BCUT2D eigenvalue weighted by Gasteiger charge is -2.24. The number of nitrogens with zero attached hydrogens (tertiary/aromatic N) is 4. The Morgan fingerprint density at radius 2 is 1.84 bits per heavy atom. The van der Waals surface area contributed by atoms with E-state index in [0.29, 0.717) is 37.0 Å². The molecule has 1 aromatic carbocycles. The van der Waals surface area contributed by atoms with Crippen molar-refractivity contribution in [2.24, 2.45) is 0 Å². The third kappa shape index (κ3) is 6.09. The molecule has 3 heterocycles. The molecule has 0 bridgehead atoms. The van der Waals surface area contributed by atoms with Crippen molar-refractivity contribution >= 4 is 5.91 Å². The molecule has 7 nitrogen and oxygen atoms in total. The Balaban J connectivity index is 1.50. The fraction of sp³-hybridized carbons (Fsp3) is 0.400. The van der Waals surface area contributed by atoms with Crippen molar-refractivity contribution in [3.63, 3.8) is 0 Å². The molecule has 168 valence electrons. The van der Waals surface area contributed by atoms with Crippen LogP contribution in [0, 0.1) is 0 Å². The Hall–Kier alpha value is -3.35. The molecule has 3 aromatic rings. The summed E-state index contributed by atoms with van der Waals surface area (Å²) in [6, 6.07) is 13.4. The van der Waals surface area contributed by atoms with Crippen LogP contribution < -0.4 is 9.47 Å². The first kappa shape index (κ1) is 21.9. The van der Waals surface area contributed by atoms with E-state index in [4.69, 9.17) is 9.47 Å². The van der Waals surface area contributed by atoms with Gasteiger partial charge in [0.15, 0.2) is 11.5 Å². The van der Waals surface area contributed by atoms with E-state index in [-0.39, 0.29) is 5.91 Å². The van der Waals surface area contributed by atoms with Crippen LogP contribution >= 0.6 is 0 Å². The second-order valence-corrected chi connectivity index (χ2v) is 7.97. The van der Waals surface area contributed by atoms with Gasteiger partial charge in [0.2, 0.25) is 11.8 Å². The molecule has 1 aliphatic rings. The zero-order chi connectivity index (χ0) is 22.0. The molecular weight excluding hydrogens is 404 g/mol. The van der Waals surface area contributed by atoms with Crippen LogP contribution in [0.3, 0.4) is 0 Å². The maximum absolute atomic E-state index is 13.1. The Kier molecular flexibility index (Phi) is 7.74. The number of rotatable bonds is 4. The minimum Gasteiger partial charge on any atom is -0.490 e. The van der Waals surface area contributed by atoms with Crippen LogP contribution in [0.5, 0.6) is 17.4 Å². The van der Waals surface area contributed by atoms with Gasteiger partial charge in [0, 0.05) is 43.7 Å². The lowest BCUT2D eigenvalue weighted by molar-refractivity contribution is -0.132. The van der Waals surface area contributed by atoms with Crippen LogP contribution in [0.15, 0.2) is 61.1 Å². The molecule has 0 N–H and O–H groups in total. The Labute approximate surface area is 189 Å². The van der Waals surface area contributed by atoms with Gasteiger partial charge in [-0.3, -0.25) is 9.48 Å². The summed E-state index contributed by atoms with van der Waals surface area (Å²) in [5.74, 6) is 2.02. The van der Waals surface area contributed by atoms with Gasteiger partial charge in [-0.2, -0.15) is 5.10 Å². The fourth-order valence-corrected chi connectivity index (χ4v) is 3.82. The molecule has 0 aliphatic carbocycles. The third-order valence-electron chi connectivity index (χ3n) is 5.54. The Bertz CT molecular complexity index is 990. The second kappa shape index (κ2) is 11.3. The zero-order valence-electron chi connectivity index (χ0n) is 18.4. The molecule has 0 saturated heterocycles. The number of carbonyl (C=O) groups excluding carboxylic acids is 1. The van der Waals surface area contributed by atoms with Gasteiger partial charge in [0.05, 0.1) is 13.2 Å². The number of hydrogen-bond acceptors (Lipinski definition) is 5. The summed E-state index contributed by atoms with van der Waals surface area (Å²) in [5.41, 5.74) is 0.889. The summed E-state index contributed by atoms with van der Waals surface area (Å²) in [4.78, 5) is 19.5. The van der Waals surface area contributed by atoms with Gasteiger partial charge in [-0.05, 0) is 43.5 Å². The first-order valence-corrected chi connectivity index (χ1v) is 11.4. The number of aryl methyl sites for hydroxylation is 1. The highest BCUT2D eigenvalue weighted by Gasteiger charge is 2.18. The Morgan fingerprint density at radius 1 is 0.969 bits per heavy atom. The van der Waals surface area contributed by atoms with Crippen molar-refractivity contribution in [2.75, 3.05) is 13.2 Å². The van der Waals surface area contributed by atoms with Gasteiger partial charge in [0.25, 0.3) is 0 Å². The molecule has 2 aromatic heterocycles. The smallest absolute Gasteiger partial charge is 0.224 e. The Morgan fingerprint density at radius 3 is 2.72 bits per heavy atom. The van der Waals surface area contributed by atoms with Crippen molar-refractivity contribution in [1.82, 2.24) is 19.7 Å². The maximum atomic E-state index is 13.1. The van der Waals surface area contributed by atoms with E-state index in [0.717, 1.165) is 50.8 Å². The molecule has 1 amide bonds. The topological polar surface area (TPSA) is 69.5 Å². The van der Waals surface area contributed by atoms with Crippen molar-refractivity contribution in [2.45, 2.75) is 51.6 Å². The molecule has 0 saturated carbocycles. The summed E-state index contributed by atoms with van der Waals surface area (Å²) in [5, 5.41) is 4.22. The van der Waals surface area contributed by atoms with E-state index < -0.39 is 0 Å². The molecule has 0 spiro atoms. The molecule has 4 rings (SSSR count). The monoisotopic (exact) mass is 434 g/mol. The predicted octanol–water partition coefficient (Wildman–Crippen LogP) is 4.83. The van der Waals surface area contributed by atoms with Gasteiger partial charge in [-0.1, -0.05) is 31.0 Å². The van der Waals surface area contributed by atoms with Gasteiger partial charge >= 0.3 is 0 Å². The summed E-state index contributed by atoms with van der Waals surface area (Å²) >= 11 is 0. The lowest BCUT2D eigenvalue weighted by Crippen LogP contribution is -2.31. The number of ether oxygens (including phenoxy) is 2. The van der Waals surface area contributed by atoms with Gasteiger partial charge < -0.3 is 14.4 Å². The van der Waals surface area contributed by atoms with Crippen molar-refractivity contribution in [3.05, 3.63) is 66.6 Å². The molecule has 0 fully saturated rings. The summed E-state index contributed by atoms with van der Waals surface area (Å²) < 4.78 is 14.0. The largest absolute Gasteiger partial charge is 0.490 e. The summed E-state index contributed by atoms with van der Waals surface area (Å²) in [6.07, 6.45) is 10.7. The van der Waals surface area contributed by atoms with E-state index in [1.54, 1.807) is 12.4 Å². The van der Waals surface area contributed by atoms with Crippen LogP contribution in [0.4, 0.5) is 0 Å². The van der Waals surface area contributed by atoms with E-state index in [9.17, 15) is 4.79 Å². The average molecular weight is 435 g/mol. The highest BCUT2D eigenvalue weighted by molar-refractivity contribution is 5.76. The van der Waals surface area contributed by atoms with Crippen LogP contribution in [0.1, 0.15) is 44.1 Å². The zero-order valence-corrected chi connectivity index (χ0v) is 18.4. The van der Waals surface area contributed by atoms with Gasteiger partial charge in [-0.25, -0.2) is 4.98 Å². The molecule has 1 aliphatic heterocycles. The number of carbonyl (C=O) groups is 1. The minimum absolute atomic E-state index is 0.155. The van der Waals surface area contributed by atoms with Crippen molar-refractivity contribution in [3.8, 4) is 17.4 Å². The highest BCUT2D eigenvalue weighted by atomic mass is 16.5. The number of benzene rings is 1. The fourth-order valence-electron chi connectivity index (χ4n) is 3.82. The molecule has 32 heavy (non-hydrogen) atoms. The lowest BCUT2D eigenvalue weighted by atomic mass is 10.1. The molecule has 0 unspecified atom stereocenters. The van der Waals surface area contributed by atoms with Crippen LogP contribution in [0.25, 0.3) is 0 Å². The van der Waals surface area contributed by atoms with Crippen molar-refractivity contribution in [1.29, 1.82) is 0 Å². The van der Waals surface area contributed by atoms with Gasteiger partial charge in [0.1, 0.15) is 0 Å². The van der Waals surface area contributed by atoms with Crippen LogP contribution in [-0.2, 0) is 17.9 Å². The quantitative estimate of drug-likeness (QED) is 0.588. The SMILES string of the molecule is O=C(CCCn1cccn1)N1CCCCCCOc2ccccc2Oc2ncccc2C1. The molecular formula is C25H30N4O3. The normalized spacial score (nSPS) is 14.9. The van der Waals surface area contributed by atoms with Crippen molar-refractivity contribution < 1.29 is 14.3 Å². The third-order valence-corrected chi connectivity index (χ3v) is 5.54. The number of amides is 1. The minimum atomic E-state index is 0.155. The second-order valence-electron chi connectivity index (χ2n) is 7.97. The number of fused-ring (bicyclic) bond motifs is 2. The average Bonchev–Trinajstić information content (AvgIpc) is 3.33. The van der Waals surface area contributed by atoms with Crippen LogP contribution in [0.2, 0.25) is 0 Å². The standard InChI is InChI=1S/C25H30N4O3/c30-24(13-8-17-29-18-9-15-27-29)28-16-5-1-2-6-19-31-22-11-3-4-12-23(22)32-25-21(20-28)10-7-14-26-25/h3-4,7,9-12,14-15,18H,1-2,5-6,8,13,16-17,19-20H2. The molecule has 0 atom stereocenters. The first-order chi connectivity index (χ1) is 15.8. The highest BCUT2D eigenvalue weighted by Crippen LogP contribution is 2.32. The first-order valence-electron chi connectivity index (χ1n) is 11.4.